The zero-order valence-electron chi connectivity index (χ0n) is 17.4. The molecule has 0 aliphatic carbocycles. The highest BCUT2D eigenvalue weighted by Crippen LogP contribution is 2.31. The standard InChI is InChI=1S/C23H23F3N2O3/c1-15(2)9-10-31-20-8-7-16(12-21(20)30-3)11-17(14-27)22(29)28-19-6-4-5-18(13-19)23(24,25)26/h4-8,11-13,15H,9-10H2,1-3H3,(H,28,29)/b17-11+. The van der Waals surface area contributed by atoms with E-state index in [4.69, 9.17) is 9.47 Å². The lowest BCUT2D eigenvalue weighted by Crippen LogP contribution is -2.14. The number of nitrogens with zero attached hydrogens (tertiary/aromatic N) is 1. The van der Waals surface area contributed by atoms with Crippen LogP contribution in [0.5, 0.6) is 11.5 Å². The molecule has 2 aromatic carbocycles. The molecule has 1 N–H and O–H groups in total. The Hall–Kier alpha value is -3.47. The Morgan fingerprint density at radius 1 is 1.19 bits per heavy atom. The minimum absolute atomic E-state index is 0.0625. The largest absolute Gasteiger partial charge is 0.493 e. The molecule has 5 nitrogen and oxygen atoms in total. The lowest BCUT2D eigenvalue weighted by molar-refractivity contribution is -0.137. The summed E-state index contributed by atoms with van der Waals surface area (Å²) in [7, 11) is 1.48. The van der Waals surface area contributed by atoms with Gasteiger partial charge in [-0.3, -0.25) is 4.79 Å². The predicted octanol–water partition coefficient (Wildman–Crippen LogP) is 5.68. The van der Waals surface area contributed by atoms with Gasteiger partial charge in [0, 0.05) is 5.69 Å². The van der Waals surface area contributed by atoms with Gasteiger partial charge in [0.15, 0.2) is 11.5 Å². The summed E-state index contributed by atoms with van der Waals surface area (Å²) in [5.41, 5.74) is -0.727. The second-order valence-corrected chi connectivity index (χ2v) is 7.14. The summed E-state index contributed by atoms with van der Waals surface area (Å²) in [6.45, 7) is 4.69. The molecule has 2 rings (SSSR count). The predicted molar refractivity (Wildman–Crippen MR) is 112 cm³/mol. The molecule has 1 amide bonds. The molecular formula is C23H23F3N2O3. The van der Waals surface area contributed by atoms with Crippen molar-refractivity contribution < 1.29 is 27.4 Å². The highest BCUT2D eigenvalue weighted by Gasteiger charge is 2.30. The van der Waals surface area contributed by atoms with Crippen LogP contribution in [0.2, 0.25) is 0 Å². The fraction of sp³-hybridized carbons (Fsp3) is 0.304. The van der Waals surface area contributed by atoms with Crippen LogP contribution in [0.4, 0.5) is 18.9 Å². The van der Waals surface area contributed by atoms with Gasteiger partial charge in [-0.1, -0.05) is 26.0 Å². The quantitative estimate of drug-likeness (QED) is 0.430. The van der Waals surface area contributed by atoms with E-state index < -0.39 is 17.6 Å². The van der Waals surface area contributed by atoms with Gasteiger partial charge in [0.05, 0.1) is 19.3 Å². The number of hydrogen-bond donors (Lipinski definition) is 1. The molecule has 0 aromatic heterocycles. The number of rotatable bonds is 8. The molecule has 0 spiro atoms. The van der Waals surface area contributed by atoms with Crippen LogP contribution in [-0.4, -0.2) is 19.6 Å². The van der Waals surface area contributed by atoms with Crippen molar-refractivity contribution in [2.45, 2.75) is 26.4 Å². The first-order valence-electron chi connectivity index (χ1n) is 9.55. The van der Waals surface area contributed by atoms with Crippen LogP contribution in [0.25, 0.3) is 6.08 Å². The van der Waals surface area contributed by atoms with Gasteiger partial charge in [-0.15, -0.1) is 0 Å². The topological polar surface area (TPSA) is 71.3 Å². The fourth-order valence-electron chi connectivity index (χ4n) is 2.58. The third-order valence-electron chi connectivity index (χ3n) is 4.26. The average molecular weight is 432 g/mol. The van der Waals surface area contributed by atoms with Crippen molar-refractivity contribution in [1.29, 1.82) is 5.26 Å². The summed E-state index contributed by atoms with van der Waals surface area (Å²) in [4.78, 5) is 12.4. The number of anilines is 1. The molecular weight excluding hydrogens is 409 g/mol. The van der Waals surface area contributed by atoms with Gasteiger partial charge in [0.2, 0.25) is 0 Å². The van der Waals surface area contributed by atoms with Crippen LogP contribution in [0.1, 0.15) is 31.4 Å². The molecule has 0 saturated carbocycles. The third-order valence-corrected chi connectivity index (χ3v) is 4.26. The molecule has 0 radical (unpaired) electrons. The Kier molecular flexibility index (Phi) is 8.08. The molecule has 0 atom stereocenters. The van der Waals surface area contributed by atoms with E-state index in [9.17, 15) is 23.2 Å². The van der Waals surface area contributed by atoms with E-state index in [1.165, 1.54) is 25.3 Å². The van der Waals surface area contributed by atoms with E-state index >= 15 is 0 Å². The molecule has 2 aromatic rings. The number of carbonyl (C=O) groups excluding carboxylic acids is 1. The average Bonchev–Trinajstić information content (AvgIpc) is 2.71. The van der Waals surface area contributed by atoms with Gasteiger partial charge >= 0.3 is 6.18 Å². The first-order valence-corrected chi connectivity index (χ1v) is 9.55. The molecule has 31 heavy (non-hydrogen) atoms. The molecule has 0 heterocycles. The monoisotopic (exact) mass is 432 g/mol. The molecule has 0 bridgehead atoms. The van der Waals surface area contributed by atoms with Gasteiger partial charge in [-0.05, 0) is 54.3 Å². The molecule has 0 saturated heterocycles. The molecule has 0 aliphatic heterocycles. The van der Waals surface area contributed by atoms with E-state index in [1.807, 2.05) is 0 Å². The first-order chi connectivity index (χ1) is 14.6. The zero-order chi connectivity index (χ0) is 23.0. The van der Waals surface area contributed by atoms with E-state index in [0.717, 1.165) is 18.6 Å². The lowest BCUT2D eigenvalue weighted by Gasteiger charge is -2.12. The van der Waals surface area contributed by atoms with Crippen LogP contribution < -0.4 is 14.8 Å². The normalized spacial score (nSPS) is 11.7. The lowest BCUT2D eigenvalue weighted by atomic mass is 10.1. The molecule has 0 fully saturated rings. The number of nitrogens with one attached hydrogen (secondary N) is 1. The number of halogens is 3. The number of hydrogen-bond acceptors (Lipinski definition) is 4. The van der Waals surface area contributed by atoms with E-state index in [2.05, 4.69) is 19.2 Å². The highest BCUT2D eigenvalue weighted by atomic mass is 19.4. The van der Waals surface area contributed by atoms with Crippen molar-refractivity contribution in [2.75, 3.05) is 19.0 Å². The van der Waals surface area contributed by atoms with Gasteiger partial charge < -0.3 is 14.8 Å². The van der Waals surface area contributed by atoms with E-state index in [1.54, 1.807) is 24.3 Å². The maximum Gasteiger partial charge on any atom is 0.416 e. The van der Waals surface area contributed by atoms with Crippen molar-refractivity contribution in [1.82, 2.24) is 0 Å². The number of methoxy groups -OCH3 is 1. The number of alkyl halides is 3. The summed E-state index contributed by atoms with van der Waals surface area (Å²) < 4.78 is 49.5. The molecule has 0 unspecified atom stereocenters. The Morgan fingerprint density at radius 2 is 1.94 bits per heavy atom. The maximum absolute atomic E-state index is 12.8. The number of amides is 1. The number of carbonyl (C=O) groups is 1. The Morgan fingerprint density at radius 3 is 2.55 bits per heavy atom. The van der Waals surface area contributed by atoms with Crippen molar-refractivity contribution in [3.05, 3.63) is 59.2 Å². The van der Waals surface area contributed by atoms with Crippen LogP contribution in [0.3, 0.4) is 0 Å². The van der Waals surface area contributed by atoms with Crippen molar-refractivity contribution in [3.8, 4) is 17.6 Å². The smallest absolute Gasteiger partial charge is 0.416 e. The number of ether oxygens (including phenoxy) is 2. The van der Waals surface area contributed by atoms with Crippen molar-refractivity contribution in [3.63, 3.8) is 0 Å². The summed E-state index contributed by atoms with van der Waals surface area (Å²) >= 11 is 0. The first kappa shape index (κ1) is 23.8. The van der Waals surface area contributed by atoms with Crippen molar-refractivity contribution >= 4 is 17.7 Å². The summed E-state index contributed by atoms with van der Waals surface area (Å²) in [5, 5.41) is 11.7. The van der Waals surface area contributed by atoms with E-state index in [0.29, 0.717) is 29.6 Å². The van der Waals surface area contributed by atoms with Crippen molar-refractivity contribution in [2.24, 2.45) is 5.92 Å². The van der Waals surface area contributed by atoms with Crippen LogP contribution in [0.15, 0.2) is 48.0 Å². The molecule has 164 valence electrons. The van der Waals surface area contributed by atoms with Gasteiger partial charge in [-0.25, -0.2) is 0 Å². The molecule has 8 heteroatoms. The maximum atomic E-state index is 12.8. The Balaban J connectivity index is 2.19. The van der Waals surface area contributed by atoms with Crippen LogP contribution in [0, 0.1) is 17.2 Å². The van der Waals surface area contributed by atoms with Gasteiger partial charge in [0.25, 0.3) is 5.91 Å². The second kappa shape index (κ2) is 10.5. The Bertz CT molecular complexity index is 992. The Labute approximate surface area is 179 Å². The second-order valence-electron chi connectivity index (χ2n) is 7.14. The number of benzene rings is 2. The summed E-state index contributed by atoms with van der Waals surface area (Å²) in [6, 6.07) is 10.9. The van der Waals surface area contributed by atoms with E-state index in [-0.39, 0.29) is 11.3 Å². The SMILES string of the molecule is COc1cc(/C=C(\C#N)C(=O)Nc2cccc(C(F)(F)F)c2)ccc1OCCC(C)C. The minimum Gasteiger partial charge on any atom is -0.493 e. The fourth-order valence-corrected chi connectivity index (χ4v) is 2.58. The van der Waals surface area contributed by atoms with Crippen LogP contribution >= 0.6 is 0 Å². The zero-order valence-corrected chi connectivity index (χ0v) is 17.4. The van der Waals surface area contributed by atoms with Gasteiger partial charge in [-0.2, -0.15) is 18.4 Å². The van der Waals surface area contributed by atoms with Gasteiger partial charge in [0.1, 0.15) is 11.6 Å². The third kappa shape index (κ3) is 7.07. The molecule has 0 aliphatic rings. The number of nitriles is 1. The summed E-state index contributed by atoms with van der Waals surface area (Å²) in [5.74, 6) is 0.639. The summed E-state index contributed by atoms with van der Waals surface area (Å²) in [6.07, 6.45) is -2.34. The highest BCUT2D eigenvalue weighted by molar-refractivity contribution is 6.09. The minimum atomic E-state index is -4.54. The van der Waals surface area contributed by atoms with Crippen LogP contribution in [-0.2, 0) is 11.0 Å².